The van der Waals surface area contributed by atoms with Crippen molar-refractivity contribution in [1.29, 1.82) is 0 Å². The molecule has 6 nitrogen and oxygen atoms in total. The van der Waals surface area contributed by atoms with Crippen molar-refractivity contribution in [3.63, 3.8) is 0 Å². The van der Waals surface area contributed by atoms with Gasteiger partial charge in [0.15, 0.2) is 0 Å². The van der Waals surface area contributed by atoms with Crippen LogP contribution in [0.4, 0.5) is 10.5 Å². The van der Waals surface area contributed by atoms with Crippen LogP contribution in [0, 0.1) is 0 Å². The second-order valence-electron chi connectivity index (χ2n) is 6.71. The maximum atomic E-state index is 12.8. The van der Waals surface area contributed by atoms with E-state index in [0.717, 1.165) is 0 Å². The largest absolute Gasteiger partial charge is 0.497 e. The van der Waals surface area contributed by atoms with Gasteiger partial charge < -0.3 is 20.1 Å². The normalized spacial score (nSPS) is 12.0. The maximum absolute atomic E-state index is 12.8. The molecule has 0 heterocycles. The molecule has 2 aromatic rings. The van der Waals surface area contributed by atoms with E-state index in [0.29, 0.717) is 17.0 Å². The Balaban J connectivity index is 2.19. The SMILES string of the molecule is COc1cccc(NC(=O)C(NC(=O)OC(C)(C)C)c2ccccc2)c1. The Morgan fingerprint density at radius 1 is 1.00 bits per heavy atom. The number of benzene rings is 2. The van der Waals surface area contributed by atoms with Gasteiger partial charge in [-0.15, -0.1) is 0 Å². The van der Waals surface area contributed by atoms with Crippen molar-refractivity contribution in [2.75, 3.05) is 12.4 Å². The van der Waals surface area contributed by atoms with E-state index in [-0.39, 0.29) is 5.91 Å². The first-order valence-electron chi connectivity index (χ1n) is 8.28. The predicted molar refractivity (Wildman–Crippen MR) is 100 cm³/mol. The van der Waals surface area contributed by atoms with Gasteiger partial charge in [0.25, 0.3) is 5.91 Å². The molecular weight excluding hydrogens is 332 g/mol. The molecule has 0 aliphatic rings. The van der Waals surface area contributed by atoms with Crippen LogP contribution in [-0.2, 0) is 9.53 Å². The van der Waals surface area contributed by atoms with Crippen molar-refractivity contribution in [1.82, 2.24) is 5.32 Å². The summed E-state index contributed by atoms with van der Waals surface area (Å²) >= 11 is 0. The molecule has 2 N–H and O–H groups in total. The molecular formula is C20H24N2O4. The van der Waals surface area contributed by atoms with E-state index >= 15 is 0 Å². The van der Waals surface area contributed by atoms with Crippen LogP contribution < -0.4 is 15.4 Å². The molecule has 1 atom stereocenters. The van der Waals surface area contributed by atoms with Crippen LogP contribution in [0.5, 0.6) is 5.75 Å². The second-order valence-corrected chi connectivity index (χ2v) is 6.71. The molecule has 2 amide bonds. The Morgan fingerprint density at radius 2 is 1.69 bits per heavy atom. The van der Waals surface area contributed by atoms with E-state index < -0.39 is 17.7 Å². The topological polar surface area (TPSA) is 76.7 Å². The summed E-state index contributed by atoms with van der Waals surface area (Å²) in [4.78, 5) is 25.0. The highest BCUT2D eigenvalue weighted by molar-refractivity contribution is 5.97. The number of methoxy groups -OCH3 is 1. The number of hydrogen-bond donors (Lipinski definition) is 2. The monoisotopic (exact) mass is 356 g/mol. The number of anilines is 1. The zero-order valence-corrected chi connectivity index (χ0v) is 15.4. The molecule has 0 bridgehead atoms. The molecule has 26 heavy (non-hydrogen) atoms. The average Bonchev–Trinajstić information content (AvgIpc) is 2.59. The number of nitrogens with one attached hydrogen (secondary N) is 2. The fraction of sp³-hybridized carbons (Fsp3) is 0.300. The summed E-state index contributed by atoms with van der Waals surface area (Å²) in [7, 11) is 1.55. The van der Waals surface area contributed by atoms with Crippen LogP contribution in [0.25, 0.3) is 0 Å². The summed E-state index contributed by atoms with van der Waals surface area (Å²) in [5.74, 6) is 0.245. The summed E-state index contributed by atoms with van der Waals surface area (Å²) in [5, 5.41) is 5.43. The number of carbonyl (C=O) groups excluding carboxylic acids is 2. The minimum Gasteiger partial charge on any atom is -0.497 e. The van der Waals surface area contributed by atoms with Crippen LogP contribution in [0.2, 0.25) is 0 Å². The summed E-state index contributed by atoms with van der Waals surface area (Å²) in [6, 6.07) is 15.1. The highest BCUT2D eigenvalue weighted by Gasteiger charge is 2.26. The Morgan fingerprint density at radius 3 is 2.31 bits per heavy atom. The Labute approximate surface area is 153 Å². The second kappa shape index (κ2) is 8.38. The Bertz CT molecular complexity index is 754. The molecule has 2 rings (SSSR count). The van der Waals surface area contributed by atoms with Crippen LogP contribution in [0.15, 0.2) is 54.6 Å². The Kier molecular flexibility index (Phi) is 6.22. The number of ether oxygens (including phenoxy) is 2. The van der Waals surface area contributed by atoms with Crippen molar-refractivity contribution in [2.24, 2.45) is 0 Å². The van der Waals surface area contributed by atoms with Gasteiger partial charge in [0.1, 0.15) is 17.4 Å². The lowest BCUT2D eigenvalue weighted by Gasteiger charge is -2.23. The fourth-order valence-electron chi connectivity index (χ4n) is 2.29. The standard InChI is InChI=1S/C20H24N2O4/c1-20(2,3)26-19(24)22-17(14-9-6-5-7-10-14)18(23)21-15-11-8-12-16(13-15)25-4/h5-13,17H,1-4H3,(H,21,23)(H,22,24). The van der Waals surface area contributed by atoms with Crippen molar-refractivity contribution < 1.29 is 19.1 Å². The molecule has 0 aliphatic carbocycles. The van der Waals surface area contributed by atoms with Crippen LogP contribution >= 0.6 is 0 Å². The molecule has 0 fully saturated rings. The lowest BCUT2D eigenvalue weighted by molar-refractivity contribution is -0.118. The third kappa shape index (κ3) is 5.81. The lowest BCUT2D eigenvalue weighted by Crippen LogP contribution is -2.40. The van der Waals surface area contributed by atoms with E-state index in [1.807, 2.05) is 6.07 Å². The van der Waals surface area contributed by atoms with Crippen LogP contribution in [0.1, 0.15) is 32.4 Å². The van der Waals surface area contributed by atoms with Crippen molar-refractivity contribution >= 4 is 17.7 Å². The number of rotatable bonds is 5. The van der Waals surface area contributed by atoms with Gasteiger partial charge >= 0.3 is 6.09 Å². The van der Waals surface area contributed by atoms with Crippen molar-refractivity contribution in [3.05, 3.63) is 60.2 Å². The summed E-state index contributed by atoms with van der Waals surface area (Å²) in [5.41, 5.74) is 0.564. The highest BCUT2D eigenvalue weighted by atomic mass is 16.6. The third-order valence-corrected chi connectivity index (χ3v) is 3.39. The quantitative estimate of drug-likeness (QED) is 0.852. The fourth-order valence-corrected chi connectivity index (χ4v) is 2.29. The van der Waals surface area contributed by atoms with Gasteiger partial charge in [-0.3, -0.25) is 4.79 Å². The van der Waals surface area contributed by atoms with Crippen LogP contribution in [-0.4, -0.2) is 24.7 Å². The first kappa shape index (κ1) is 19.3. The molecule has 0 aromatic heterocycles. The lowest BCUT2D eigenvalue weighted by atomic mass is 10.1. The molecule has 0 spiro atoms. The number of carbonyl (C=O) groups is 2. The number of amides is 2. The summed E-state index contributed by atoms with van der Waals surface area (Å²) in [6.07, 6.45) is -0.660. The minimum absolute atomic E-state index is 0.379. The Hall–Kier alpha value is -3.02. The van der Waals surface area contributed by atoms with E-state index in [4.69, 9.17) is 9.47 Å². The summed E-state index contributed by atoms with van der Waals surface area (Å²) < 4.78 is 10.4. The molecule has 6 heteroatoms. The highest BCUT2D eigenvalue weighted by Crippen LogP contribution is 2.20. The van der Waals surface area contributed by atoms with Crippen molar-refractivity contribution in [3.8, 4) is 5.75 Å². The first-order valence-corrected chi connectivity index (χ1v) is 8.28. The molecule has 2 aromatic carbocycles. The average molecular weight is 356 g/mol. The molecule has 1 unspecified atom stereocenters. The summed E-state index contributed by atoms with van der Waals surface area (Å²) in [6.45, 7) is 5.29. The molecule has 0 saturated carbocycles. The van der Waals surface area contributed by atoms with Gasteiger partial charge in [0, 0.05) is 11.8 Å². The van der Waals surface area contributed by atoms with E-state index in [2.05, 4.69) is 10.6 Å². The number of hydrogen-bond acceptors (Lipinski definition) is 4. The van der Waals surface area contributed by atoms with Gasteiger partial charge in [-0.2, -0.15) is 0 Å². The van der Waals surface area contributed by atoms with Gasteiger partial charge in [0.2, 0.25) is 0 Å². The van der Waals surface area contributed by atoms with Gasteiger partial charge in [-0.25, -0.2) is 4.79 Å². The first-order chi connectivity index (χ1) is 12.3. The molecule has 0 aliphatic heterocycles. The minimum atomic E-state index is -0.891. The van der Waals surface area contributed by atoms with Gasteiger partial charge in [-0.1, -0.05) is 36.4 Å². The third-order valence-electron chi connectivity index (χ3n) is 3.39. The predicted octanol–water partition coefficient (Wildman–Crippen LogP) is 3.90. The maximum Gasteiger partial charge on any atom is 0.408 e. The zero-order chi connectivity index (χ0) is 19.2. The van der Waals surface area contributed by atoms with E-state index in [1.54, 1.807) is 76.4 Å². The number of alkyl carbamates (subject to hydrolysis) is 1. The van der Waals surface area contributed by atoms with Gasteiger partial charge in [-0.05, 0) is 38.5 Å². The van der Waals surface area contributed by atoms with Crippen molar-refractivity contribution in [2.45, 2.75) is 32.4 Å². The molecule has 138 valence electrons. The zero-order valence-electron chi connectivity index (χ0n) is 15.4. The van der Waals surface area contributed by atoms with E-state index in [1.165, 1.54) is 0 Å². The van der Waals surface area contributed by atoms with Crippen LogP contribution in [0.3, 0.4) is 0 Å². The molecule has 0 radical (unpaired) electrons. The molecule has 0 saturated heterocycles. The van der Waals surface area contributed by atoms with E-state index in [9.17, 15) is 9.59 Å². The smallest absolute Gasteiger partial charge is 0.408 e. The van der Waals surface area contributed by atoms with Gasteiger partial charge in [0.05, 0.1) is 7.11 Å².